The molecular formula is C16H25N3O6S. The van der Waals surface area contributed by atoms with E-state index in [9.17, 15) is 25.2 Å². The summed E-state index contributed by atoms with van der Waals surface area (Å²) in [4.78, 5) is 16.3. The number of carbonyl (C=O) groups is 1. The first-order valence-electron chi connectivity index (χ1n) is 8.83. The molecule has 1 aromatic heterocycles. The highest BCUT2D eigenvalue weighted by Crippen LogP contribution is 2.33. The highest BCUT2D eigenvalue weighted by Gasteiger charge is 2.44. The molecule has 10 heteroatoms. The molecule has 146 valence electrons. The van der Waals surface area contributed by atoms with Gasteiger partial charge in [0.1, 0.15) is 30.5 Å². The van der Waals surface area contributed by atoms with Gasteiger partial charge in [-0.25, -0.2) is 9.78 Å². The lowest BCUT2D eigenvalue weighted by atomic mass is 9.94. The van der Waals surface area contributed by atoms with Gasteiger partial charge in [0.25, 0.3) is 0 Å². The Labute approximate surface area is 155 Å². The standard InChI is InChI=1S/C16H25N3O6S/c20-6-10-11(21)12(22)13(23)14(25-10)9-7-26-16(18-9)19-15(24)17-8-4-2-1-3-5-8/h7-8,10-14,20-23H,1-6H2,(H2,17,18,19,24)/t10-,11-,12+,13-,14+/m1/s1. The zero-order valence-corrected chi connectivity index (χ0v) is 15.1. The number of ether oxygens (including phenoxy) is 1. The van der Waals surface area contributed by atoms with E-state index in [0.717, 1.165) is 25.7 Å². The van der Waals surface area contributed by atoms with Gasteiger partial charge in [-0.1, -0.05) is 19.3 Å². The molecule has 0 unspecified atom stereocenters. The number of aliphatic hydroxyl groups is 4. The number of amides is 2. The second-order valence-corrected chi connectivity index (χ2v) is 7.62. The number of nitrogens with one attached hydrogen (secondary N) is 2. The lowest BCUT2D eigenvalue weighted by Crippen LogP contribution is -2.55. The number of nitrogens with zero attached hydrogens (tertiary/aromatic N) is 1. The summed E-state index contributed by atoms with van der Waals surface area (Å²) in [5.74, 6) is 0. The van der Waals surface area contributed by atoms with E-state index in [1.165, 1.54) is 17.8 Å². The van der Waals surface area contributed by atoms with Gasteiger partial charge in [-0.15, -0.1) is 11.3 Å². The van der Waals surface area contributed by atoms with Gasteiger partial charge in [0.2, 0.25) is 0 Å². The Bertz CT molecular complexity index is 607. The minimum atomic E-state index is -1.46. The molecule has 1 aromatic rings. The van der Waals surface area contributed by atoms with Gasteiger partial charge in [-0.2, -0.15) is 0 Å². The van der Waals surface area contributed by atoms with Crippen LogP contribution >= 0.6 is 11.3 Å². The molecule has 0 bridgehead atoms. The molecule has 0 spiro atoms. The number of carbonyl (C=O) groups excluding carboxylic acids is 1. The van der Waals surface area contributed by atoms with Gasteiger partial charge in [0, 0.05) is 11.4 Å². The molecule has 1 saturated carbocycles. The third-order valence-electron chi connectivity index (χ3n) is 4.87. The summed E-state index contributed by atoms with van der Waals surface area (Å²) in [6.07, 6.45) is -0.879. The van der Waals surface area contributed by atoms with Crippen molar-refractivity contribution in [1.29, 1.82) is 0 Å². The van der Waals surface area contributed by atoms with E-state index in [1.54, 1.807) is 5.38 Å². The summed E-state index contributed by atoms with van der Waals surface area (Å²) < 4.78 is 5.46. The lowest BCUT2D eigenvalue weighted by Gasteiger charge is -2.39. The van der Waals surface area contributed by atoms with Gasteiger partial charge >= 0.3 is 6.03 Å². The van der Waals surface area contributed by atoms with E-state index in [4.69, 9.17) is 4.74 Å². The molecule has 0 radical (unpaired) electrons. The molecule has 1 saturated heterocycles. The summed E-state index contributed by atoms with van der Waals surface area (Å²) in [6, 6.07) is -0.153. The maximum Gasteiger partial charge on any atom is 0.321 e. The highest BCUT2D eigenvalue weighted by molar-refractivity contribution is 7.13. The fourth-order valence-corrected chi connectivity index (χ4v) is 4.11. The van der Waals surface area contributed by atoms with Crippen LogP contribution in [-0.4, -0.2) is 68.5 Å². The molecule has 5 atom stereocenters. The first kappa shape index (κ1) is 19.5. The molecule has 2 fully saturated rings. The number of aromatic nitrogens is 1. The predicted octanol–water partition coefficient (Wildman–Crippen LogP) is 0.112. The van der Waals surface area contributed by atoms with Crippen molar-refractivity contribution in [1.82, 2.24) is 10.3 Å². The largest absolute Gasteiger partial charge is 0.394 e. The molecule has 1 aliphatic heterocycles. The Hall–Kier alpha value is -1.30. The van der Waals surface area contributed by atoms with Crippen molar-refractivity contribution in [2.24, 2.45) is 0 Å². The average molecular weight is 387 g/mol. The van der Waals surface area contributed by atoms with Crippen LogP contribution in [0.2, 0.25) is 0 Å². The number of urea groups is 1. The van der Waals surface area contributed by atoms with Gasteiger partial charge < -0.3 is 30.5 Å². The molecule has 1 aliphatic carbocycles. The van der Waals surface area contributed by atoms with Crippen LogP contribution in [0.4, 0.5) is 9.93 Å². The normalized spacial score (nSPS) is 33.0. The summed E-state index contributed by atoms with van der Waals surface area (Å²) in [5, 5.41) is 46.6. The minimum absolute atomic E-state index is 0.175. The van der Waals surface area contributed by atoms with E-state index >= 15 is 0 Å². The van der Waals surface area contributed by atoms with E-state index < -0.39 is 37.1 Å². The monoisotopic (exact) mass is 387 g/mol. The van der Waals surface area contributed by atoms with Crippen molar-refractivity contribution in [3.8, 4) is 0 Å². The molecule has 2 heterocycles. The first-order valence-corrected chi connectivity index (χ1v) is 9.71. The smallest absolute Gasteiger partial charge is 0.321 e. The third kappa shape index (κ3) is 4.33. The van der Waals surface area contributed by atoms with Gasteiger partial charge in [0.05, 0.1) is 12.3 Å². The van der Waals surface area contributed by atoms with Crippen LogP contribution in [0.3, 0.4) is 0 Å². The second kappa shape index (κ2) is 8.59. The van der Waals surface area contributed by atoms with Crippen LogP contribution in [0.5, 0.6) is 0 Å². The van der Waals surface area contributed by atoms with Crippen LogP contribution in [0.1, 0.15) is 43.9 Å². The molecular weight excluding hydrogens is 362 g/mol. The molecule has 3 rings (SSSR count). The minimum Gasteiger partial charge on any atom is -0.394 e. The van der Waals surface area contributed by atoms with Crippen LogP contribution in [0.15, 0.2) is 5.38 Å². The first-order chi connectivity index (χ1) is 12.5. The zero-order chi connectivity index (χ0) is 18.7. The third-order valence-corrected chi connectivity index (χ3v) is 5.64. The van der Waals surface area contributed by atoms with Crippen molar-refractivity contribution in [2.45, 2.75) is 68.7 Å². The summed E-state index contributed by atoms with van der Waals surface area (Å²) in [5.41, 5.74) is 0.319. The Kier molecular flexibility index (Phi) is 6.43. The van der Waals surface area contributed by atoms with Crippen molar-refractivity contribution < 1.29 is 30.0 Å². The number of hydrogen-bond donors (Lipinski definition) is 6. The van der Waals surface area contributed by atoms with Crippen LogP contribution < -0.4 is 10.6 Å². The topological polar surface area (TPSA) is 144 Å². The van der Waals surface area contributed by atoms with Crippen molar-refractivity contribution in [3.05, 3.63) is 11.1 Å². The lowest BCUT2D eigenvalue weighted by molar-refractivity contribution is -0.232. The van der Waals surface area contributed by atoms with Crippen LogP contribution in [0, 0.1) is 0 Å². The van der Waals surface area contributed by atoms with Crippen LogP contribution in [0.25, 0.3) is 0 Å². The molecule has 26 heavy (non-hydrogen) atoms. The summed E-state index contributed by atoms with van der Waals surface area (Å²) in [7, 11) is 0. The van der Waals surface area contributed by atoms with Crippen LogP contribution in [-0.2, 0) is 4.74 Å². The summed E-state index contributed by atoms with van der Waals surface area (Å²) in [6.45, 7) is -0.500. The summed E-state index contributed by atoms with van der Waals surface area (Å²) >= 11 is 1.17. The zero-order valence-electron chi connectivity index (χ0n) is 14.2. The number of aliphatic hydroxyl groups excluding tert-OH is 4. The van der Waals surface area contributed by atoms with Crippen molar-refractivity contribution in [3.63, 3.8) is 0 Å². The highest BCUT2D eigenvalue weighted by atomic mass is 32.1. The maximum absolute atomic E-state index is 12.1. The molecule has 0 aromatic carbocycles. The number of anilines is 1. The van der Waals surface area contributed by atoms with Crippen molar-refractivity contribution >= 4 is 22.5 Å². The van der Waals surface area contributed by atoms with E-state index in [1.807, 2.05) is 0 Å². The van der Waals surface area contributed by atoms with E-state index in [-0.39, 0.29) is 12.1 Å². The number of thiazole rings is 1. The number of rotatable bonds is 4. The fourth-order valence-electron chi connectivity index (χ4n) is 3.39. The second-order valence-electron chi connectivity index (χ2n) is 6.76. The molecule has 2 aliphatic rings. The Morgan fingerprint density at radius 3 is 2.62 bits per heavy atom. The fraction of sp³-hybridized carbons (Fsp3) is 0.750. The average Bonchev–Trinajstić information content (AvgIpc) is 3.09. The van der Waals surface area contributed by atoms with E-state index in [0.29, 0.717) is 10.8 Å². The van der Waals surface area contributed by atoms with Gasteiger partial charge in [-0.3, -0.25) is 5.32 Å². The maximum atomic E-state index is 12.1. The molecule has 2 amide bonds. The van der Waals surface area contributed by atoms with Gasteiger partial charge in [-0.05, 0) is 12.8 Å². The van der Waals surface area contributed by atoms with E-state index in [2.05, 4.69) is 15.6 Å². The molecule has 9 nitrogen and oxygen atoms in total. The molecule has 6 N–H and O–H groups in total. The quantitative estimate of drug-likeness (QED) is 0.430. The Morgan fingerprint density at radius 2 is 1.92 bits per heavy atom. The van der Waals surface area contributed by atoms with Crippen molar-refractivity contribution in [2.75, 3.05) is 11.9 Å². The Morgan fingerprint density at radius 1 is 1.19 bits per heavy atom. The SMILES string of the molecule is O=C(Nc1nc([C@@H]2O[C@H](CO)[C@@H](O)[C@H](O)[C@H]2O)cs1)NC1CCCCC1. The number of hydrogen-bond acceptors (Lipinski definition) is 8. The van der Waals surface area contributed by atoms with Gasteiger partial charge in [0.15, 0.2) is 5.13 Å². The predicted molar refractivity (Wildman–Crippen MR) is 93.9 cm³/mol. The Balaban J connectivity index is 1.60.